The first-order valence-corrected chi connectivity index (χ1v) is 12.0. The highest BCUT2D eigenvalue weighted by Crippen LogP contribution is 2.36. The predicted octanol–water partition coefficient (Wildman–Crippen LogP) is 1.77. The summed E-state index contributed by atoms with van der Waals surface area (Å²) in [5.41, 5.74) is -1.36. The Kier molecular flexibility index (Phi) is 8.75. The zero-order valence-corrected chi connectivity index (χ0v) is 20.2. The Labute approximate surface area is 183 Å². The number of carbonyl (C=O) groups excluding carboxylic acids is 2. The van der Waals surface area contributed by atoms with Gasteiger partial charge in [0.05, 0.1) is 39.0 Å². The molecule has 0 radical (unpaired) electrons. The minimum absolute atomic E-state index is 0.200. The highest BCUT2D eigenvalue weighted by Gasteiger charge is 2.40. The van der Waals surface area contributed by atoms with Gasteiger partial charge in [0.2, 0.25) is 0 Å². The predicted molar refractivity (Wildman–Crippen MR) is 117 cm³/mol. The van der Waals surface area contributed by atoms with Gasteiger partial charge in [-0.25, -0.2) is 0 Å². The van der Waals surface area contributed by atoms with E-state index in [9.17, 15) is 9.59 Å². The summed E-state index contributed by atoms with van der Waals surface area (Å²) >= 11 is 0. The summed E-state index contributed by atoms with van der Waals surface area (Å²) in [5.74, 6) is 0.401. The molecule has 2 heterocycles. The Bertz CT molecular complexity index is 530. The zero-order valence-electron chi connectivity index (χ0n) is 20.2. The number of carbonyl (C=O) groups is 2. The summed E-state index contributed by atoms with van der Waals surface area (Å²) in [7, 11) is 0. The molecule has 0 aliphatic carbocycles. The molecule has 2 rings (SSSR count). The largest absolute Gasteiger partial charge is 0.459 e. The van der Waals surface area contributed by atoms with Crippen LogP contribution in [-0.4, -0.2) is 49.3 Å². The lowest BCUT2D eigenvalue weighted by Crippen LogP contribution is -2.86. The third kappa shape index (κ3) is 7.23. The van der Waals surface area contributed by atoms with Crippen molar-refractivity contribution in [2.45, 2.75) is 97.7 Å². The monoisotopic (exact) mass is 426 g/mol. The van der Waals surface area contributed by atoms with Crippen LogP contribution in [0.3, 0.4) is 0 Å². The van der Waals surface area contributed by atoms with E-state index >= 15 is 0 Å². The van der Waals surface area contributed by atoms with Crippen molar-refractivity contribution in [2.75, 3.05) is 26.2 Å². The molecule has 30 heavy (non-hydrogen) atoms. The molecule has 2 aliphatic heterocycles. The fourth-order valence-corrected chi connectivity index (χ4v) is 5.08. The number of hydrogen-bond acceptors (Lipinski definition) is 4. The summed E-state index contributed by atoms with van der Waals surface area (Å²) in [6, 6.07) is 0. The molecule has 0 aromatic rings. The number of piperidine rings is 2. The quantitative estimate of drug-likeness (QED) is 0.550. The van der Waals surface area contributed by atoms with Crippen LogP contribution < -0.4 is 10.6 Å². The van der Waals surface area contributed by atoms with Crippen LogP contribution in [0.5, 0.6) is 0 Å². The molecule has 0 aromatic carbocycles. The number of esters is 2. The first-order valence-electron chi connectivity index (χ1n) is 12.0. The lowest BCUT2D eigenvalue weighted by Gasteiger charge is -2.38. The molecule has 0 atom stereocenters. The van der Waals surface area contributed by atoms with Gasteiger partial charge in [0, 0.05) is 37.5 Å². The summed E-state index contributed by atoms with van der Waals surface area (Å²) in [6.07, 6.45) is 5.53. The van der Waals surface area contributed by atoms with Gasteiger partial charge in [0.15, 0.2) is 0 Å². The van der Waals surface area contributed by atoms with Gasteiger partial charge in [-0.15, -0.1) is 0 Å². The molecule has 0 spiro atoms. The van der Waals surface area contributed by atoms with E-state index in [4.69, 9.17) is 9.47 Å². The molecule has 6 heteroatoms. The van der Waals surface area contributed by atoms with Crippen molar-refractivity contribution >= 4 is 11.9 Å². The van der Waals surface area contributed by atoms with E-state index in [1.54, 1.807) is 0 Å². The van der Waals surface area contributed by atoms with E-state index in [1.165, 1.54) is 0 Å². The van der Waals surface area contributed by atoms with Crippen LogP contribution in [0.4, 0.5) is 0 Å². The summed E-state index contributed by atoms with van der Waals surface area (Å²) in [5, 5.41) is 4.64. The van der Waals surface area contributed by atoms with Gasteiger partial charge in [0.25, 0.3) is 0 Å². The molecule has 0 amide bonds. The van der Waals surface area contributed by atoms with Crippen LogP contribution >= 0.6 is 0 Å². The van der Waals surface area contributed by atoms with Crippen LogP contribution in [0, 0.1) is 17.3 Å². The summed E-state index contributed by atoms with van der Waals surface area (Å²) < 4.78 is 11.9. The molecule has 0 saturated carbocycles. The van der Waals surface area contributed by atoms with Crippen molar-refractivity contribution in [2.24, 2.45) is 17.3 Å². The lowest BCUT2D eigenvalue weighted by molar-refractivity contribution is -0.666. The maximum atomic E-state index is 12.8. The first-order chi connectivity index (χ1) is 14.0. The lowest BCUT2D eigenvalue weighted by atomic mass is 9.79. The van der Waals surface area contributed by atoms with Crippen molar-refractivity contribution in [3.63, 3.8) is 0 Å². The van der Waals surface area contributed by atoms with Gasteiger partial charge < -0.3 is 20.1 Å². The Balaban J connectivity index is 1.90. The second-order valence-electron chi connectivity index (χ2n) is 11.0. The maximum Gasteiger partial charge on any atom is 0.306 e. The Hall–Kier alpha value is -1.14. The minimum Gasteiger partial charge on any atom is -0.459 e. The molecular weight excluding hydrogens is 380 g/mol. The SMILES string of the molecule is CCC(C)(CC(=O)OC(C)(C)C1CC[NH2+]CC1)CC(=O)OC(C)(C)C1CC[NH2+]CC1. The van der Waals surface area contributed by atoms with E-state index in [-0.39, 0.29) is 24.8 Å². The third-order valence-electron chi connectivity index (χ3n) is 7.59. The molecule has 174 valence electrons. The van der Waals surface area contributed by atoms with E-state index in [0.29, 0.717) is 11.8 Å². The van der Waals surface area contributed by atoms with Crippen LogP contribution in [-0.2, 0) is 19.1 Å². The molecule has 0 bridgehead atoms. The molecule has 4 N–H and O–H groups in total. The fourth-order valence-electron chi connectivity index (χ4n) is 5.08. The summed E-state index contributed by atoms with van der Waals surface area (Å²) in [4.78, 5) is 25.6. The van der Waals surface area contributed by atoms with Crippen molar-refractivity contribution in [1.82, 2.24) is 0 Å². The van der Waals surface area contributed by atoms with Crippen LogP contribution in [0.25, 0.3) is 0 Å². The Morgan fingerprint density at radius 3 is 1.37 bits per heavy atom. The topological polar surface area (TPSA) is 85.8 Å². The van der Waals surface area contributed by atoms with Gasteiger partial charge in [-0.3, -0.25) is 9.59 Å². The second kappa shape index (κ2) is 10.4. The van der Waals surface area contributed by atoms with Crippen molar-refractivity contribution in [3.05, 3.63) is 0 Å². The molecule has 2 saturated heterocycles. The van der Waals surface area contributed by atoms with Crippen molar-refractivity contribution in [1.29, 1.82) is 0 Å². The zero-order chi connectivity index (χ0) is 22.4. The van der Waals surface area contributed by atoms with Crippen molar-refractivity contribution < 1.29 is 29.7 Å². The molecule has 0 unspecified atom stereocenters. The van der Waals surface area contributed by atoms with Crippen LogP contribution in [0.2, 0.25) is 0 Å². The van der Waals surface area contributed by atoms with E-state index < -0.39 is 16.6 Å². The average Bonchev–Trinajstić information content (AvgIpc) is 2.68. The van der Waals surface area contributed by atoms with Crippen LogP contribution in [0.15, 0.2) is 0 Å². The highest BCUT2D eigenvalue weighted by atomic mass is 16.6. The van der Waals surface area contributed by atoms with Gasteiger partial charge in [0.1, 0.15) is 11.2 Å². The number of quaternary nitrogens is 2. The van der Waals surface area contributed by atoms with E-state index in [2.05, 4.69) is 10.6 Å². The number of rotatable bonds is 9. The first kappa shape index (κ1) is 25.1. The number of hydrogen-bond donors (Lipinski definition) is 2. The smallest absolute Gasteiger partial charge is 0.306 e. The molecule has 2 aliphatic rings. The Morgan fingerprint density at radius 2 is 1.07 bits per heavy atom. The van der Waals surface area contributed by atoms with E-state index in [1.807, 2.05) is 41.5 Å². The fraction of sp³-hybridized carbons (Fsp3) is 0.917. The van der Waals surface area contributed by atoms with Gasteiger partial charge in [-0.2, -0.15) is 0 Å². The molecule has 0 aromatic heterocycles. The van der Waals surface area contributed by atoms with Gasteiger partial charge in [-0.1, -0.05) is 13.8 Å². The normalized spacial score (nSPS) is 20.1. The van der Waals surface area contributed by atoms with Crippen molar-refractivity contribution in [3.8, 4) is 0 Å². The summed E-state index contributed by atoms with van der Waals surface area (Å²) in [6.45, 7) is 16.5. The third-order valence-corrected chi connectivity index (χ3v) is 7.59. The van der Waals surface area contributed by atoms with Gasteiger partial charge in [-0.05, 0) is 39.5 Å². The molecule has 2 fully saturated rings. The van der Waals surface area contributed by atoms with Gasteiger partial charge >= 0.3 is 11.9 Å². The van der Waals surface area contributed by atoms with Crippen LogP contribution in [0.1, 0.15) is 86.5 Å². The molecule has 6 nitrogen and oxygen atoms in total. The molecular formula is C24H46N2O4+2. The number of ether oxygens (including phenoxy) is 2. The number of nitrogens with two attached hydrogens (primary N) is 2. The minimum atomic E-state index is -0.458. The second-order valence-corrected chi connectivity index (χ2v) is 11.0. The Morgan fingerprint density at radius 1 is 0.733 bits per heavy atom. The average molecular weight is 427 g/mol. The highest BCUT2D eigenvalue weighted by molar-refractivity contribution is 5.74. The van der Waals surface area contributed by atoms with E-state index in [0.717, 1.165) is 58.3 Å². The maximum absolute atomic E-state index is 12.8. The standard InChI is InChI=1S/C24H44N2O4/c1-7-24(6,16-20(27)29-22(2,3)18-8-12-25-13-9-18)17-21(28)30-23(4,5)19-10-14-26-15-11-19/h18-19,25-26H,7-17H2,1-6H3/p+2.